The van der Waals surface area contributed by atoms with Crippen LogP contribution in [0.15, 0.2) is 10.8 Å². The van der Waals surface area contributed by atoms with Crippen molar-refractivity contribution >= 4 is 17.8 Å². The molecule has 6 heteroatoms. The molecule has 0 aliphatic heterocycles. The van der Waals surface area contributed by atoms with Gasteiger partial charge in [0.15, 0.2) is 0 Å². The first-order valence-corrected chi connectivity index (χ1v) is 5.20. The summed E-state index contributed by atoms with van der Waals surface area (Å²) >= 11 is 5.03. The summed E-state index contributed by atoms with van der Waals surface area (Å²) in [6.07, 6.45) is 4.57. The van der Waals surface area contributed by atoms with Gasteiger partial charge in [0.05, 0.1) is 5.92 Å². The molecule has 0 unspecified atom stereocenters. The molecule has 0 atom stereocenters. The SMILES string of the molecule is O=C(OCl)C1CCC(c2nnco2)CC1. The molecule has 1 fully saturated rings. The van der Waals surface area contributed by atoms with Crippen LogP contribution in [0.5, 0.6) is 0 Å². The Morgan fingerprint density at radius 3 is 2.73 bits per heavy atom. The summed E-state index contributed by atoms with van der Waals surface area (Å²) in [6, 6.07) is 0. The van der Waals surface area contributed by atoms with E-state index in [1.165, 1.54) is 6.39 Å². The molecule has 1 heterocycles. The lowest BCUT2D eigenvalue weighted by atomic mass is 9.82. The van der Waals surface area contributed by atoms with Crippen LogP contribution in [0.1, 0.15) is 37.5 Å². The molecule has 15 heavy (non-hydrogen) atoms. The van der Waals surface area contributed by atoms with Gasteiger partial charge in [0.2, 0.25) is 12.3 Å². The summed E-state index contributed by atoms with van der Waals surface area (Å²) in [5, 5.41) is 7.51. The number of nitrogens with zero attached hydrogens (tertiary/aromatic N) is 2. The van der Waals surface area contributed by atoms with Gasteiger partial charge in [-0.15, -0.1) is 10.2 Å². The van der Waals surface area contributed by atoms with Crippen molar-refractivity contribution < 1.29 is 13.5 Å². The fourth-order valence-corrected chi connectivity index (χ4v) is 2.12. The van der Waals surface area contributed by atoms with Crippen molar-refractivity contribution in [1.29, 1.82) is 0 Å². The Kier molecular flexibility index (Phi) is 3.20. The van der Waals surface area contributed by atoms with Crippen LogP contribution in [0, 0.1) is 5.92 Å². The van der Waals surface area contributed by atoms with Crippen molar-refractivity contribution in [2.24, 2.45) is 5.92 Å². The minimum atomic E-state index is -0.333. The van der Waals surface area contributed by atoms with Gasteiger partial charge in [0.25, 0.3) is 0 Å². The summed E-state index contributed by atoms with van der Waals surface area (Å²) in [7, 11) is 0. The van der Waals surface area contributed by atoms with Crippen molar-refractivity contribution in [2.75, 3.05) is 0 Å². The Labute approximate surface area is 91.9 Å². The third-order valence-electron chi connectivity index (χ3n) is 2.86. The predicted octanol–water partition coefficient (Wildman–Crippen LogP) is 2.04. The molecule has 2 rings (SSSR count). The van der Waals surface area contributed by atoms with E-state index in [1.54, 1.807) is 0 Å². The van der Waals surface area contributed by atoms with Gasteiger partial charge in [0, 0.05) is 5.92 Å². The maximum Gasteiger partial charge on any atom is 0.327 e. The zero-order valence-corrected chi connectivity index (χ0v) is 8.81. The van der Waals surface area contributed by atoms with Gasteiger partial charge in [-0.3, -0.25) is 4.79 Å². The van der Waals surface area contributed by atoms with Gasteiger partial charge in [0.1, 0.15) is 11.9 Å². The van der Waals surface area contributed by atoms with Crippen LogP contribution in [-0.2, 0) is 9.08 Å². The van der Waals surface area contributed by atoms with E-state index in [1.807, 2.05) is 0 Å². The minimum Gasteiger partial charge on any atom is -0.428 e. The average molecular weight is 231 g/mol. The second kappa shape index (κ2) is 4.61. The van der Waals surface area contributed by atoms with Crippen molar-refractivity contribution in [3.8, 4) is 0 Å². The Morgan fingerprint density at radius 1 is 1.47 bits per heavy atom. The van der Waals surface area contributed by atoms with Gasteiger partial charge < -0.3 is 8.71 Å². The van der Waals surface area contributed by atoms with Crippen LogP contribution in [0.4, 0.5) is 0 Å². The van der Waals surface area contributed by atoms with Gasteiger partial charge in [-0.1, -0.05) is 0 Å². The maximum absolute atomic E-state index is 11.2. The van der Waals surface area contributed by atoms with E-state index in [2.05, 4.69) is 14.5 Å². The Morgan fingerprint density at radius 2 is 2.20 bits per heavy atom. The number of rotatable bonds is 2. The van der Waals surface area contributed by atoms with E-state index in [0.717, 1.165) is 25.7 Å². The molecule has 1 aliphatic carbocycles. The quantitative estimate of drug-likeness (QED) is 0.778. The molecule has 1 saturated carbocycles. The van der Waals surface area contributed by atoms with Crippen LogP contribution in [0.3, 0.4) is 0 Å². The number of hydrogen-bond acceptors (Lipinski definition) is 5. The lowest BCUT2D eigenvalue weighted by Crippen LogP contribution is -2.21. The summed E-state index contributed by atoms with van der Waals surface area (Å²) in [6.45, 7) is 0. The predicted molar refractivity (Wildman–Crippen MR) is 50.9 cm³/mol. The van der Waals surface area contributed by atoms with Gasteiger partial charge in [-0.2, -0.15) is 0 Å². The topological polar surface area (TPSA) is 65.2 Å². The Bertz CT molecular complexity index is 320. The molecular weight excluding hydrogens is 220 g/mol. The van der Waals surface area contributed by atoms with E-state index in [-0.39, 0.29) is 17.8 Å². The van der Waals surface area contributed by atoms with Gasteiger partial charge >= 0.3 is 5.97 Å². The van der Waals surface area contributed by atoms with Gasteiger partial charge in [-0.25, -0.2) is 0 Å². The highest BCUT2D eigenvalue weighted by atomic mass is 35.5. The minimum absolute atomic E-state index is 0.0818. The van der Waals surface area contributed by atoms with E-state index in [0.29, 0.717) is 5.89 Å². The molecule has 0 radical (unpaired) electrons. The summed E-state index contributed by atoms with van der Waals surface area (Å²) in [4.78, 5) is 11.2. The second-order valence-electron chi connectivity index (χ2n) is 3.72. The van der Waals surface area contributed by atoms with Gasteiger partial charge in [-0.05, 0) is 25.7 Å². The molecule has 1 aromatic rings. The highest BCUT2D eigenvalue weighted by Crippen LogP contribution is 2.35. The number of aromatic nitrogens is 2. The third-order valence-corrected chi connectivity index (χ3v) is 3.01. The van der Waals surface area contributed by atoms with E-state index < -0.39 is 0 Å². The smallest absolute Gasteiger partial charge is 0.327 e. The molecule has 0 aromatic carbocycles. The molecule has 1 aliphatic rings. The molecular formula is C9H11ClN2O3. The van der Waals surface area contributed by atoms with Crippen LogP contribution in [0.25, 0.3) is 0 Å². The fourth-order valence-electron chi connectivity index (χ4n) is 2.00. The zero-order chi connectivity index (χ0) is 10.7. The molecule has 0 spiro atoms. The third kappa shape index (κ3) is 2.28. The first kappa shape index (κ1) is 10.4. The first-order chi connectivity index (χ1) is 7.31. The lowest BCUT2D eigenvalue weighted by Gasteiger charge is -2.23. The van der Waals surface area contributed by atoms with E-state index in [9.17, 15) is 4.79 Å². The molecule has 5 nitrogen and oxygen atoms in total. The fraction of sp³-hybridized carbons (Fsp3) is 0.667. The van der Waals surface area contributed by atoms with Crippen molar-refractivity contribution in [3.05, 3.63) is 12.3 Å². The number of carbonyl (C=O) groups excluding carboxylic acids is 1. The Hall–Kier alpha value is -1.10. The summed E-state index contributed by atoms with van der Waals surface area (Å²) in [5.74, 6) is 0.516. The van der Waals surface area contributed by atoms with Crippen molar-refractivity contribution in [1.82, 2.24) is 10.2 Å². The van der Waals surface area contributed by atoms with Crippen LogP contribution in [0.2, 0.25) is 0 Å². The van der Waals surface area contributed by atoms with E-state index in [4.69, 9.17) is 16.3 Å². The highest BCUT2D eigenvalue weighted by Gasteiger charge is 2.30. The number of hydrogen-bond donors (Lipinski definition) is 0. The summed E-state index contributed by atoms with van der Waals surface area (Å²) in [5.41, 5.74) is 0. The van der Waals surface area contributed by atoms with Crippen LogP contribution < -0.4 is 0 Å². The second-order valence-corrected chi connectivity index (χ2v) is 3.88. The molecule has 0 amide bonds. The van der Waals surface area contributed by atoms with Crippen molar-refractivity contribution in [2.45, 2.75) is 31.6 Å². The largest absolute Gasteiger partial charge is 0.428 e. The maximum atomic E-state index is 11.2. The summed E-state index contributed by atoms with van der Waals surface area (Å²) < 4.78 is 9.33. The lowest BCUT2D eigenvalue weighted by molar-refractivity contribution is -0.139. The zero-order valence-electron chi connectivity index (χ0n) is 8.06. The van der Waals surface area contributed by atoms with E-state index >= 15 is 0 Å². The molecule has 0 saturated heterocycles. The van der Waals surface area contributed by atoms with Crippen LogP contribution >= 0.6 is 11.9 Å². The highest BCUT2D eigenvalue weighted by molar-refractivity contribution is 6.13. The van der Waals surface area contributed by atoms with Crippen LogP contribution in [-0.4, -0.2) is 16.2 Å². The standard InChI is InChI=1S/C9H11ClN2O3/c10-15-9(13)7-3-1-6(2-4-7)8-12-11-5-14-8/h5-7H,1-4H2. The molecule has 1 aromatic heterocycles. The molecule has 82 valence electrons. The number of halogens is 1. The molecule has 0 N–H and O–H groups in total. The van der Waals surface area contributed by atoms with Crippen molar-refractivity contribution in [3.63, 3.8) is 0 Å². The average Bonchev–Trinajstić information content (AvgIpc) is 2.82. The number of carbonyl (C=O) groups is 1. The first-order valence-electron chi connectivity index (χ1n) is 4.89. The Balaban J connectivity index is 1.90. The molecule has 0 bridgehead atoms. The normalized spacial score (nSPS) is 26.2. The monoisotopic (exact) mass is 230 g/mol.